The zero-order valence-corrected chi connectivity index (χ0v) is 12.9. The molecular formula is C14H17ClN4O2. The van der Waals surface area contributed by atoms with E-state index in [1.54, 1.807) is 13.0 Å². The van der Waals surface area contributed by atoms with E-state index in [9.17, 15) is 9.90 Å². The summed E-state index contributed by atoms with van der Waals surface area (Å²) in [5.41, 5.74) is 0.807. The van der Waals surface area contributed by atoms with E-state index in [2.05, 4.69) is 15.5 Å². The first kappa shape index (κ1) is 15.4. The second-order valence-electron chi connectivity index (χ2n) is 5.34. The quantitative estimate of drug-likeness (QED) is 0.918. The summed E-state index contributed by atoms with van der Waals surface area (Å²) in [7, 11) is 0. The van der Waals surface area contributed by atoms with Crippen molar-refractivity contribution in [1.29, 1.82) is 0 Å². The predicted octanol–water partition coefficient (Wildman–Crippen LogP) is 2.80. The first-order valence-electron chi connectivity index (χ1n) is 6.63. The molecule has 2 rings (SSSR count). The monoisotopic (exact) mass is 308 g/mol. The van der Waals surface area contributed by atoms with Gasteiger partial charge in [0.25, 0.3) is 0 Å². The Balaban J connectivity index is 2.39. The lowest BCUT2D eigenvalue weighted by atomic mass is 9.88. The standard InChI is InChI=1S/C14H17ClN4O2/c1-4-14(3,13(20)21)8-19-12(16-17-18-19)10-6-5-9(2)11(15)7-10/h5-7H,4,8H2,1-3H3,(H,20,21). The molecule has 0 aliphatic carbocycles. The number of rotatable bonds is 5. The number of benzene rings is 1. The second kappa shape index (κ2) is 5.81. The zero-order valence-electron chi connectivity index (χ0n) is 12.2. The molecule has 0 saturated carbocycles. The smallest absolute Gasteiger partial charge is 0.311 e. The Morgan fingerprint density at radius 3 is 2.76 bits per heavy atom. The summed E-state index contributed by atoms with van der Waals surface area (Å²) >= 11 is 6.12. The molecule has 0 aliphatic rings. The van der Waals surface area contributed by atoms with Gasteiger partial charge in [-0.15, -0.1) is 5.10 Å². The maximum absolute atomic E-state index is 11.4. The van der Waals surface area contributed by atoms with Crippen LogP contribution in [0.3, 0.4) is 0 Å². The van der Waals surface area contributed by atoms with Crippen LogP contribution in [0.1, 0.15) is 25.8 Å². The Labute approximate surface area is 127 Å². The largest absolute Gasteiger partial charge is 0.481 e. The van der Waals surface area contributed by atoms with Crippen molar-refractivity contribution >= 4 is 17.6 Å². The first-order chi connectivity index (χ1) is 9.87. The molecule has 0 fully saturated rings. The fraction of sp³-hybridized carbons (Fsp3) is 0.429. The van der Waals surface area contributed by atoms with Crippen molar-refractivity contribution in [2.24, 2.45) is 5.41 Å². The lowest BCUT2D eigenvalue weighted by Gasteiger charge is -2.22. The number of aliphatic carboxylic acids is 1. The van der Waals surface area contributed by atoms with Crippen LogP contribution in [-0.4, -0.2) is 31.3 Å². The first-order valence-corrected chi connectivity index (χ1v) is 7.01. The molecule has 6 nitrogen and oxygen atoms in total. The number of carboxylic acid groups (broad SMARTS) is 1. The van der Waals surface area contributed by atoms with Crippen LogP contribution >= 0.6 is 11.6 Å². The molecule has 1 heterocycles. The Bertz CT molecular complexity index is 671. The van der Waals surface area contributed by atoms with Gasteiger partial charge in [0.15, 0.2) is 5.82 Å². The minimum atomic E-state index is -0.918. The molecule has 21 heavy (non-hydrogen) atoms. The van der Waals surface area contributed by atoms with Crippen LogP contribution in [0.5, 0.6) is 0 Å². The summed E-state index contributed by atoms with van der Waals surface area (Å²) in [5, 5.41) is 21.5. The number of carbonyl (C=O) groups is 1. The van der Waals surface area contributed by atoms with Crippen molar-refractivity contribution in [2.45, 2.75) is 33.7 Å². The van der Waals surface area contributed by atoms with Gasteiger partial charge in [0.2, 0.25) is 0 Å². The van der Waals surface area contributed by atoms with Gasteiger partial charge in [0.1, 0.15) is 0 Å². The van der Waals surface area contributed by atoms with Crippen LogP contribution in [0.25, 0.3) is 11.4 Å². The number of carboxylic acids is 1. The second-order valence-corrected chi connectivity index (χ2v) is 5.75. The molecule has 0 amide bonds. The van der Waals surface area contributed by atoms with Gasteiger partial charge in [-0.05, 0) is 42.3 Å². The summed E-state index contributed by atoms with van der Waals surface area (Å²) in [6.07, 6.45) is 0.482. The molecule has 1 aromatic carbocycles. The third-order valence-corrected chi connectivity index (χ3v) is 4.16. The Morgan fingerprint density at radius 2 is 2.19 bits per heavy atom. The SMILES string of the molecule is CCC(C)(Cn1nnnc1-c1ccc(C)c(Cl)c1)C(=O)O. The molecule has 0 aliphatic heterocycles. The van der Waals surface area contributed by atoms with Crippen molar-refractivity contribution in [2.75, 3.05) is 0 Å². The number of hydrogen-bond donors (Lipinski definition) is 1. The van der Waals surface area contributed by atoms with Crippen molar-refractivity contribution in [3.8, 4) is 11.4 Å². The molecule has 0 bridgehead atoms. The molecule has 2 aromatic rings. The molecule has 1 aromatic heterocycles. The average molecular weight is 309 g/mol. The van der Waals surface area contributed by atoms with Gasteiger partial charge < -0.3 is 5.11 Å². The van der Waals surface area contributed by atoms with E-state index >= 15 is 0 Å². The molecule has 7 heteroatoms. The van der Waals surface area contributed by atoms with E-state index in [1.807, 2.05) is 26.0 Å². The fourth-order valence-corrected chi connectivity index (χ4v) is 2.09. The lowest BCUT2D eigenvalue weighted by molar-refractivity contribution is -0.149. The van der Waals surface area contributed by atoms with Crippen molar-refractivity contribution in [1.82, 2.24) is 20.2 Å². The molecule has 0 saturated heterocycles. The van der Waals surface area contributed by atoms with E-state index in [0.29, 0.717) is 17.3 Å². The Hall–Kier alpha value is -1.95. The van der Waals surface area contributed by atoms with Crippen molar-refractivity contribution in [3.05, 3.63) is 28.8 Å². The summed E-state index contributed by atoms with van der Waals surface area (Å²) in [4.78, 5) is 11.4. The normalized spacial score (nSPS) is 13.9. The minimum Gasteiger partial charge on any atom is -0.481 e. The molecule has 0 spiro atoms. The maximum atomic E-state index is 11.4. The van der Waals surface area contributed by atoms with Gasteiger partial charge in [0.05, 0.1) is 12.0 Å². The number of tetrazole rings is 1. The molecule has 1 N–H and O–H groups in total. The van der Waals surface area contributed by atoms with Crippen LogP contribution in [0.15, 0.2) is 18.2 Å². The molecule has 1 unspecified atom stereocenters. The van der Waals surface area contributed by atoms with E-state index < -0.39 is 11.4 Å². The Kier molecular flexibility index (Phi) is 4.27. The zero-order chi connectivity index (χ0) is 15.6. The van der Waals surface area contributed by atoms with Crippen LogP contribution in [0.4, 0.5) is 0 Å². The highest BCUT2D eigenvalue weighted by molar-refractivity contribution is 6.31. The van der Waals surface area contributed by atoms with Crippen LogP contribution < -0.4 is 0 Å². The van der Waals surface area contributed by atoms with Gasteiger partial charge in [-0.1, -0.05) is 30.7 Å². The number of hydrogen-bond acceptors (Lipinski definition) is 4. The summed E-state index contributed by atoms with van der Waals surface area (Å²) < 4.78 is 1.51. The van der Waals surface area contributed by atoms with Gasteiger partial charge >= 0.3 is 5.97 Å². The van der Waals surface area contributed by atoms with E-state index in [4.69, 9.17) is 11.6 Å². The number of halogens is 1. The summed E-state index contributed by atoms with van der Waals surface area (Å²) in [6.45, 7) is 5.63. The number of nitrogens with zero attached hydrogens (tertiary/aromatic N) is 4. The lowest BCUT2D eigenvalue weighted by Crippen LogP contribution is -2.32. The Morgan fingerprint density at radius 1 is 1.48 bits per heavy atom. The van der Waals surface area contributed by atoms with E-state index in [0.717, 1.165) is 11.1 Å². The van der Waals surface area contributed by atoms with Crippen LogP contribution in [-0.2, 0) is 11.3 Å². The minimum absolute atomic E-state index is 0.201. The maximum Gasteiger partial charge on any atom is 0.311 e. The summed E-state index contributed by atoms with van der Waals surface area (Å²) in [5.74, 6) is -0.355. The highest BCUT2D eigenvalue weighted by atomic mass is 35.5. The molecule has 112 valence electrons. The predicted molar refractivity (Wildman–Crippen MR) is 79.0 cm³/mol. The fourth-order valence-electron chi connectivity index (χ4n) is 1.91. The van der Waals surface area contributed by atoms with Gasteiger partial charge in [-0.2, -0.15) is 0 Å². The van der Waals surface area contributed by atoms with E-state index in [-0.39, 0.29) is 6.54 Å². The van der Waals surface area contributed by atoms with Gasteiger partial charge in [0, 0.05) is 10.6 Å². The third-order valence-electron chi connectivity index (χ3n) is 3.76. The van der Waals surface area contributed by atoms with Crippen molar-refractivity contribution in [3.63, 3.8) is 0 Å². The third kappa shape index (κ3) is 3.05. The number of aromatic nitrogens is 4. The van der Waals surface area contributed by atoms with Gasteiger partial charge in [-0.3, -0.25) is 4.79 Å². The van der Waals surface area contributed by atoms with E-state index in [1.165, 1.54) is 4.68 Å². The molecule has 0 radical (unpaired) electrons. The molecular weight excluding hydrogens is 292 g/mol. The average Bonchev–Trinajstić information content (AvgIpc) is 2.89. The highest BCUT2D eigenvalue weighted by Gasteiger charge is 2.33. The van der Waals surface area contributed by atoms with Crippen LogP contribution in [0.2, 0.25) is 5.02 Å². The summed E-state index contributed by atoms with van der Waals surface area (Å²) in [6, 6.07) is 5.53. The topological polar surface area (TPSA) is 80.9 Å². The van der Waals surface area contributed by atoms with Crippen molar-refractivity contribution < 1.29 is 9.90 Å². The van der Waals surface area contributed by atoms with Gasteiger partial charge in [-0.25, -0.2) is 4.68 Å². The molecule has 1 atom stereocenters. The van der Waals surface area contributed by atoms with Crippen LogP contribution in [0, 0.1) is 12.3 Å². The number of aryl methyl sites for hydroxylation is 1. The highest BCUT2D eigenvalue weighted by Crippen LogP contribution is 2.27.